The van der Waals surface area contributed by atoms with Gasteiger partial charge in [0.1, 0.15) is 6.61 Å². The van der Waals surface area contributed by atoms with Gasteiger partial charge in [0.05, 0.1) is 6.61 Å². The summed E-state index contributed by atoms with van der Waals surface area (Å²) in [5.74, 6) is -0.0878. The molecule has 0 fully saturated rings. The smallest absolute Gasteiger partial charge is 0.305 e. The zero-order valence-electron chi connectivity index (χ0n) is 10.8. The molecule has 0 bridgehead atoms. The Kier molecular flexibility index (Phi) is 12.1. The molecule has 3 heteroatoms. The highest BCUT2D eigenvalue weighted by Crippen LogP contribution is 2.03. The van der Waals surface area contributed by atoms with Crippen molar-refractivity contribution in [1.82, 2.24) is 0 Å². The Morgan fingerprint density at radius 3 is 2.31 bits per heavy atom. The molecule has 0 aromatic heterocycles. The van der Waals surface area contributed by atoms with Gasteiger partial charge in [0, 0.05) is 13.0 Å². The van der Waals surface area contributed by atoms with Gasteiger partial charge in [-0.05, 0) is 12.8 Å². The van der Waals surface area contributed by atoms with E-state index in [0.717, 1.165) is 32.3 Å². The van der Waals surface area contributed by atoms with E-state index in [0.29, 0.717) is 19.6 Å². The van der Waals surface area contributed by atoms with Crippen LogP contribution in [-0.2, 0) is 14.3 Å². The standard InChI is InChI=1S/C13H26O3/c1-3-5-7-8-9-13(14)16-12-11-15-10-6-4-2/h3-12H2,1-2H3. The fourth-order valence-corrected chi connectivity index (χ4v) is 1.33. The van der Waals surface area contributed by atoms with Crippen molar-refractivity contribution in [3.8, 4) is 0 Å². The Labute approximate surface area is 99.5 Å². The lowest BCUT2D eigenvalue weighted by atomic mass is 10.2. The molecule has 96 valence electrons. The molecule has 0 amide bonds. The monoisotopic (exact) mass is 230 g/mol. The predicted octanol–water partition coefficient (Wildman–Crippen LogP) is 3.32. The summed E-state index contributed by atoms with van der Waals surface area (Å²) in [6.07, 6.45) is 7.23. The van der Waals surface area contributed by atoms with E-state index in [2.05, 4.69) is 13.8 Å². The van der Waals surface area contributed by atoms with Crippen molar-refractivity contribution in [2.24, 2.45) is 0 Å². The summed E-state index contributed by atoms with van der Waals surface area (Å²) in [7, 11) is 0. The second-order valence-electron chi connectivity index (χ2n) is 4.00. The summed E-state index contributed by atoms with van der Waals surface area (Å²) in [5.41, 5.74) is 0. The predicted molar refractivity (Wildman–Crippen MR) is 65.4 cm³/mol. The lowest BCUT2D eigenvalue weighted by molar-refractivity contribution is -0.145. The van der Waals surface area contributed by atoms with Crippen molar-refractivity contribution in [3.05, 3.63) is 0 Å². The molecule has 0 rings (SSSR count). The molecule has 0 saturated carbocycles. The second kappa shape index (κ2) is 12.5. The van der Waals surface area contributed by atoms with Crippen LogP contribution in [0.5, 0.6) is 0 Å². The van der Waals surface area contributed by atoms with Crippen LogP contribution in [0.25, 0.3) is 0 Å². The second-order valence-corrected chi connectivity index (χ2v) is 4.00. The Morgan fingerprint density at radius 2 is 1.62 bits per heavy atom. The average molecular weight is 230 g/mol. The largest absolute Gasteiger partial charge is 0.463 e. The fourth-order valence-electron chi connectivity index (χ4n) is 1.33. The number of esters is 1. The summed E-state index contributed by atoms with van der Waals surface area (Å²) in [6, 6.07) is 0. The van der Waals surface area contributed by atoms with Crippen LogP contribution in [0.1, 0.15) is 58.8 Å². The Hall–Kier alpha value is -0.570. The summed E-state index contributed by atoms with van der Waals surface area (Å²) in [5, 5.41) is 0. The highest BCUT2D eigenvalue weighted by atomic mass is 16.6. The molecule has 0 aromatic rings. The van der Waals surface area contributed by atoms with E-state index in [-0.39, 0.29) is 5.97 Å². The van der Waals surface area contributed by atoms with E-state index in [1.807, 2.05) is 0 Å². The van der Waals surface area contributed by atoms with Gasteiger partial charge < -0.3 is 9.47 Å². The minimum absolute atomic E-state index is 0.0878. The van der Waals surface area contributed by atoms with E-state index in [1.165, 1.54) is 12.8 Å². The molecule has 0 aliphatic rings. The molecule has 0 N–H and O–H groups in total. The van der Waals surface area contributed by atoms with E-state index in [4.69, 9.17) is 9.47 Å². The molecule has 0 aliphatic carbocycles. The fraction of sp³-hybridized carbons (Fsp3) is 0.923. The third kappa shape index (κ3) is 11.5. The first-order valence-corrected chi connectivity index (χ1v) is 6.54. The summed E-state index contributed by atoms with van der Waals surface area (Å²) < 4.78 is 10.3. The van der Waals surface area contributed by atoms with Crippen LogP contribution in [0.2, 0.25) is 0 Å². The van der Waals surface area contributed by atoms with Crippen LogP contribution in [-0.4, -0.2) is 25.8 Å². The van der Waals surface area contributed by atoms with Crippen LogP contribution < -0.4 is 0 Å². The first kappa shape index (κ1) is 15.4. The van der Waals surface area contributed by atoms with E-state index < -0.39 is 0 Å². The summed E-state index contributed by atoms with van der Waals surface area (Å²) >= 11 is 0. The van der Waals surface area contributed by atoms with Crippen LogP contribution >= 0.6 is 0 Å². The van der Waals surface area contributed by atoms with Crippen LogP contribution in [0.3, 0.4) is 0 Å². The van der Waals surface area contributed by atoms with Gasteiger partial charge in [-0.3, -0.25) is 4.79 Å². The zero-order chi connectivity index (χ0) is 12.1. The number of ether oxygens (including phenoxy) is 2. The van der Waals surface area contributed by atoms with Gasteiger partial charge in [0.25, 0.3) is 0 Å². The first-order valence-electron chi connectivity index (χ1n) is 6.54. The number of carbonyl (C=O) groups is 1. The first-order chi connectivity index (χ1) is 7.81. The molecule has 0 atom stereocenters. The van der Waals surface area contributed by atoms with Gasteiger partial charge in [0.15, 0.2) is 0 Å². The SMILES string of the molecule is CCCCCCC(=O)OCCOCCCC. The molecule has 0 spiro atoms. The van der Waals surface area contributed by atoms with Crippen molar-refractivity contribution >= 4 is 5.97 Å². The average Bonchev–Trinajstić information content (AvgIpc) is 2.29. The highest BCUT2D eigenvalue weighted by molar-refractivity contribution is 5.69. The molecule has 0 unspecified atom stereocenters. The van der Waals surface area contributed by atoms with E-state index in [1.54, 1.807) is 0 Å². The molecule has 0 aromatic carbocycles. The number of hydrogen-bond acceptors (Lipinski definition) is 3. The van der Waals surface area contributed by atoms with Gasteiger partial charge in [-0.15, -0.1) is 0 Å². The number of hydrogen-bond donors (Lipinski definition) is 0. The number of carbonyl (C=O) groups excluding carboxylic acids is 1. The van der Waals surface area contributed by atoms with Crippen molar-refractivity contribution in [3.63, 3.8) is 0 Å². The molecule has 3 nitrogen and oxygen atoms in total. The lowest BCUT2D eigenvalue weighted by Gasteiger charge is -2.05. The summed E-state index contributed by atoms with van der Waals surface area (Å²) in [4.78, 5) is 11.2. The maximum Gasteiger partial charge on any atom is 0.305 e. The van der Waals surface area contributed by atoms with Gasteiger partial charge in [-0.25, -0.2) is 0 Å². The molecule has 0 saturated heterocycles. The van der Waals surface area contributed by atoms with Gasteiger partial charge in [0.2, 0.25) is 0 Å². The maximum atomic E-state index is 11.2. The molecule has 0 heterocycles. The van der Waals surface area contributed by atoms with Crippen molar-refractivity contribution in [1.29, 1.82) is 0 Å². The minimum Gasteiger partial charge on any atom is -0.463 e. The van der Waals surface area contributed by atoms with E-state index in [9.17, 15) is 4.79 Å². The third-order valence-electron chi connectivity index (χ3n) is 2.37. The Balaban J connectivity index is 3.11. The quantitative estimate of drug-likeness (QED) is 0.403. The Morgan fingerprint density at radius 1 is 0.875 bits per heavy atom. The van der Waals surface area contributed by atoms with Gasteiger partial charge >= 0.3 is 5.97 Å². The summed E-state index contributed by atoms with van der Waals surface area (Å²) in [6.45, 7) is 5.98. The third-order valence-corrected chi connectivity index (χ3v) is 2.37. The number of unbranched alkanes of at least 4 members (excludes halogenated alkanes) is 4. The zero-order valence-corrected chi connectivity index (χ0v) is 10.8. The normalized spacial score (nSPS) is 10.4. The topological polar surface area (TPSA) is 35.5 Å². The van der Waals surface area contributed by atoms with Crippen molar-refractivity contribution < 1.29 is 14.3 Å². The van der Waals surface area contributed by atoms with Gasteiger partial charge in [-0.1, -0.05) is 39.5 Å². The molecule has 0 aliphatic heterocycles. The molecule has 16 heavy (non-hydrogen) atoms. The van der Waals surface area contributed by atoms with Crippen LogP contribution in [0.15, 0.2) is 0 Å². The minimum atomic E-state index is -0.0878. The van der Waals surface area contributed by atoms with Crippen LogP contribution in [0.4, 0.5) is 0 Å². The Bertz CT molecular complexity index is 157. The van der Waals surface area contributed by atoms with Gasteiger partial charge in [-0.2, -0.15) is 0 Å². The number of rotatable bonds is 11. The van der Waals surface area contributed by atoms with Crippen LogP contribution in [0, 0.1) is 0 Å². The van der Waals surface area contributed by atoms with Crippen molar-refractivity contribution in [2.75, 3.05) is 19.8 Å². The lowest BCUT2D eigenvalue weighted by Crippen LogP contribution is -2.10. The molecular formula is C13H26O3. The van der Waals surface area contributed by atoms with E-state index >= 15 is 0 Å². The highest BCUT2D eigenvalue weighted by Gasteiger charge is 2.01. The molecular weight excluding hydrogens is 204 g/mol. The van der Waals surface area contributed by atoms with Crippen molar-refractivity contribution in [2.45, 2.75) is 58.8 Å². The molecule has 0 radical (unpaired) electrons. The maximum absolute atomic E-state index is 11.2.